The van der Waals surface area contributed by atoms with E-state index in [1.54, 1.807) is 11.1 Å². The average molecular weight is 485 g/mol. The van der Waals surface area contributed by atoms with Crippen molar-refractivity contribution >= 4 is 10.2 Å². The van der Waals surface area contributed by atoms with Gasteiger partial charge in [-0.1, -0.05) is 49.4 Å². The van der Waals surface area contributed by atoms with E-state index in [0.29, 0.717) is 0 Å². The first-order valence-electron chi connectivity index (χ1n) is 11.5. The van der Waals surface area contributed by atoms with Gasteiger partial charge in [0.15, 0.2) is 0 Å². The van der Waals surface area contributed by atoms with E-state index in [1.165, 1.54) is 42.0 Å². The van der Waals surface area contributed by atoms with Crippen LogP contribution < -0.4 is 0 Å². The summed E-state index contributed by atoms with van der Waals surface area (Å²) in [4.78, 5) is 0. The average Bonchev–Trinajstić information content (AvgIpc) is 3.25. The molecule has 0 bridgehead atoms. The molecule has 33 heavy (non-hydrogen) atoms. The molecule has 3 aromatic carbocycles. The van der Waals surface area contributed by atoms with E-state index in [2.05, 4.69) is 32.9 Å². The van der Waals surface area contributed by atoms with Crippen LogP contribution in [0, 0.1) is 32.8 Å². The molecule has 0 heterocycles. The molecule has 2 heteroatoms. The second kappa shape index (κ2) is 17.2. The van der Waals surface area contributed by atoms with Gasteiger partial charge in [-0.2, -0.15) is 85.0 Å². The van der Waals surface area contributed by atoms with Crippen molar-refractivity contribution in [2.24, 2.45) is 5.92 Å². The van der Waals surface area contributed by atoms with Crippen molar-refractivity contribution in [3.63, 3.8) is 0 Å². The Morgan fingerprint density at radius 3 is 1.39 bits per heavy atom. The van der Waals surface area contributed by atoms with Gasteiger partial charge in [-0.05, 0) is 6.42 Å². The van der Waals surface area contributed by atoms with E-state index in [4.69, 9.17) is 0 Å². The zero-order chi connectivity index (χ0) is 23.0. The van der Waals surface area contributed by atoms with Gasteiger partial charge in [-0.3, -0.25) is 6.08 Å². The maximum atomic E-state index is 3.72. The van der Waals surface area contributed by atoms with Gasteiger partial charge in [-0.15, -0.1) is 36.4 Å². The number of hydrogen-bond acceptors (Lipinski definition) is 0. The van der Waals surface area contributed by atoms with Gasteiger partial charge >= 0.3 is 21.7 Å². The first kappa shape index (κ1) is 28.7. The summed E-state index contributed by atoms with van der Waals surface area (Å²) in [5.41, 5.74) is 6.59. The maximum Gasteiger partial charge on any atom is 4.00 e. The zero-order valence-corrected chi connectivity index (χ0v) is 23.5. The van der Waals surface area contributed by atoms with Crippen LogP contribution in [-0.4, -0.2) is 10.2 Å². The van der Waals surface area contributed by atoms with E-state index in [1.807, 2.05) is 91.0 Å². The van der Waals surface area contributed by atoms with Gasteiger partial charge in [0, 0.05) is 10.2 Å². The SMILES string of the molecule is [CH2-]c1ccccc1.[CH2-]c1ccccc1.[CH2-]c1ccccc1.[SiH3]CC1[C-]=CC2=C1CCCC2.[Ti+4]. The summed E-state index contributed by atoms with van der Waals surface area (Å²) in [7, 11) is 1.33. The Hall–Kier alpha value is -2.32. The molecular formula is C31H36SiTi. The number of allylic oxidation sites excluding steroid dienone is 4. The molecule has 0 spiro atoms. The van der Waals surface area contributed by atoms with E-state index >= 15 is 0 Å². The predicted molar refractivity (Wildman–Crippen MR) is 144 cm³/mol. The molecule has 0 aromatic heterocycles. The molecular weight excluding hydrogens is 448 g/mol. The Bertz CT molecular complexity index is 841. The third-order valence-corrected chi connectivity index (χ3v) is 6.19. The number of hydrogen-bond donors (Lipinski definition) is 0. The molecule has 0 saturated carbocycles. The molecule has 0 radical (unpaired) electrons. The molecule has 0 N–H and O–H groups in total. The van der Waals surface area contributed by atoms with Gasteiger partial charge in [-0.25, -0.2) is 6.08 Å². The van der Waals surface area contributed by atoms with Crippen molar-refractivity contribution in [3.8, 4) is 0 Å². The van der Waals surface area contributed by atoms with Crippen molar-refractivity contribution < 1.29 is 21.7 Å². The Kier molecular flexibility index (Phi) is 15.0. The molecule has 0 aliphatic heterocycles. The fraction of sp³-hybridized carbons (Fsp3) is 0.194. The molecule has 3 aromatic rings. The normalized spacial score (nSPS) is 15.3. The van der Waals surface area contributed by atoms with Crippen LogP contribution in [-0.2, 0) is 21.7 Å². The van der Waals surface area contributed by atoms with Gasteiger partial charge in [0.1, 0.15) is 0 Å². The van der Waals surface area contributed by atoms with Crippen LogP contribution in [0.5, 0.6) is 0 Å². The van der Waals surface area contributed by atoms with E-state index in [-0.39, 0.29) is 21.7 Å². The van der Waals surface area contributed by atoms with Crippen molar-refractivity contribution in [1.82, 2.24) is 0 Å². The van der Waals surface area contributed by atoms with Crippen LogP contribution in [0.15, 0.2) is 108 Å². The maximum absolute atomic E-state index is 3.72. The Balaban J connectivity index is 0.000000223. The standard InChI is InChI=1S/C10H15Si.3C7H7.Ti/c11-7-9-6-5-8-3-1-2-4-10(8)9;3*1-7-5-3-2-4-6-7;/h5,9H,1-4,7H2,11H3;3*2-6H,1H2;/q4*-1;+4. The van der Waals surface area contributed by atoms with Crippen LogP contribution in [0.25, 0.3) is 0 Å². The summed E-state index contributed by atoms with van der Waals surface area (Å²) in [6, 6.07) is 31.0. The Labute approximate surface area is 220 Å². The summed E-state index contributed by atoms with van der Waals surface area (Å²) in [5, 5.41) is 0. The molecule has 1 unspecified atom stereocenters. The third kappa shape index (κ3) is 11.9. The monoisotopic (exact) mass is 484 g/mol. The van der Waals surface area contributed by atoms with Crippen molar-refractivity contribution in [1.29, 1.82) is 0 Å². The van der Waals surface area contributed by atoms with E-state index < -0.39 is 0 Å². The molecule has 0 nitrogen and oxygen atoms in total. The van der Waals surface area contributed by atoms with Crippen LogP contribution in [0.2, 0.25) is 6.04 Å². The van der Waals surface area contributed by atoms with Crippen LogP contribution in [0.4, 0.5) is 0 Å². The third-order valence-electron chi connectivity index (χ3n) is 5.37. The van der Waals surface area contributed by atoms with Crippen LogP contribution >= 0.6 is 0 Å². The summed E-state index contributed by atoms with van der Waals surface area (Å²) >= 11 is 0. The minimum atomic E-state index is 0. The van der Waals surface area contributed by atoms with E-state index in [9.17, 15) is 0 Å². The van der Waals surface area contributed by atoms with Crippen molar-refractivity contribution in [3.05, 3.63) is 152 Å². The quantitative estimate of drug-likeness (QED) is 0.252. The zero-order valence-electron chi connectivity index (χ0n) is 20.0. The Morgan fingerprint density at radius 2 is 1.06 bits per heavy atom. The summed E-state index contributed by atoms with van der Waals surface area (Å²) in [6.07, 6.45) is 11.3. The van der Waals surface area contributed by atoms with Gasteiger partial charge < -0.3 is 0 Å². The fourth-order valence-corrected chi connectivity index (χ4v) is 4.34. The topological polar surface area (TPSA) is 0 Å². The molecule has 168 valence electrons. The number of rotatable bonds is 1. The van der Waals surface area contributed by atoms with Crippen LogP contribution in [0.3, 0.4) is 0 Å². The molecule has 0 fully saturated rings. The van der Waals surface area contributed by atoms with Crippen molar-refractivity contribution in [2.75, 3.05) is 0 Å². The Morgan fingerprint density at radius 1 is 0.667 bits per heavy atom. The smallest absolute Gasteiger partial charge is 0.269 e. The molecule has 2 aliphatic carbocycles. The van der Waals surface area contributed by atoms with Gasteiger partial charge in [0.25, 0.3) is 0 Å². The predicted octanol–water partition coefficient (Wildman–Crippen LogP) is 7.23. The summed E-state index contributed by atoms with van der Waals surface area (Å²) in [6.45, 7) is 11.2. The van der Waals surface area contributed by atoms with E-state index in [0.717, 1.165) is 22.6 Å². The molecule has 1 atom stereocenters. The summed E-state index contributed by atoms with van der Waals surface area (Å²) in [5.74, 6) is 0.747. The first-order valence-corrected chi connectivity index (χ1v) is 12.9. The van der Waals surface area contributed by atoms with Crippen molar-refractivity contribution in [2.45, 2.75) is 31.7 Å². The second-order valence-corrected chi connectivity index (χ2v) is 8.80. The first-order chi connectivity index (χ1) is 15.6. The minimum absolute atomic E-state index is 0. The minimum Gasteiger partial charge on any atom is -0.269 e. The van der Waals surface area contributed by atoms with Crippen LogP contribution in [0.1, 0.15) is 42.4 Å². The molecule has 0 amide bonds. The van der Waals surface area contributed by atoms with Gasteiger partial charge in [0.2, 0.25) is 0 Å². The number of benzene rings is 3. The largest absolute Gasteiger partial charge is 4.00 e. The second-order valence-electron chi connectivity index (χ2n) is 7.99. The molecule has 5 rings (SSSR count). The molecule has 2 aliphatic rings. The summed E-state index contributed by atoms with van der Waals surface area (Å²) < 4.78 is 0. The van der Waals surface area contributed by atoms with Gasteiger partial charge in [0.05, 0.1) is 0 Å². The fourth-order valence-electron chi connectivity index (χ4n) is 3.61. The molecule has 0 saturated heterocycles.